The van der Waals surface area contributed by atoms with Crippen LogP contribution in [-0.2, 0) is 4.79 Å². The molecule has 1 N–H and O–H groups in total. The van der Waals surface area contributed by atoms with Crippen LogP contribution < -0.4 is 5.32 Å². The van der Waals surface area contributed by atoms with Crippen LogP contribution in [-0.4, -0.2) is 54.3 Å². The first kappa shape index (κ1) is 17.6. The summed E-state index contributed by atoms with van der Waals surface area (Å²) in [6.45, 7) is 2.72. The minimum Gasteiger partial charge on any atom is -0.336 e. The summed E-state index contributed by atoms with van der Waals surface area (Å²) in [6, 6.07) is 18.1. The Kier molecular flexibility index (Phi) is 5.62. The zero-order valence-corrected chi connectivity index (χ0v) is 14.4. The molecule has 0 bridgehead atoms. The van der Waals surface area contributed by atoms with Crippen molar-refractivity contribution in [2.45, 2.75) is 0 Å². The molecule has 3 rings (SSSR count). The van der Waals surface area contributed by atoms with Crippen molar-refractivity contribution in [1.82, 2.24) is 9.80 Å². The number of hydrogen-bond donors (Lipinski definition) is 1. The second kappa shape index (κ2) is 8.28. The zero-order valence-electron chi connectivity index (χ0n) is 14.4. The van der Waals surface area contributed by atoms with Crippen LogP contribution in [0.25, 0.3) is 0 Å². The Morgan fingerprint density at radius 2 is 1.73 bits per heavy atom. The molecule has 1 saturated heterocycles. The van der Waals surface area contributed by atoms with Gasteiger partial charge >= 0.3 is 0 Å². The number of nitriles is 1. The number of nitrogens with zero attached hydrogens (tertiary/aromatic N) is 3. The topological polar surface area (TPSA) is 76.4 Å². The molecule has 0 spiro atoms. The Bertz CT molecular complexity index is 821. The highest BCUT2D eigenvalue weighted by Crippen LogP contribution is 2.11. The third-order valence-electron chi connectivity index (χ3n) is 4.32. The van der Waals surface area contributed by atoms with Gasteiger partial charge in [-0.05, 0) is 30.3 Å². The largest absolute Gasteiger partial charge is 0.336 e. The standard InChI is InChI=1S/C20H20N4O2/c21-14-16-5-4-6-17(13-16)20(26)24-11-9-23(10-12-24)15-19(25)22-18-7-2-1-3-8-18/h1-8,13H,9-12,15H2,(H,22,25). The van der Waals surface area contributed by atoms with E-state index in [2.05, 4.69) is 11.4 Å². The van der Waals surface area contributed by atoms with Crippen LogP contribution in [0.15, 0.2) is 54.6 Å². The third-order valence-corrected chi connectivity index (χ3v) is 4.32. The predicted molar refractivity (Wildman–Crippen MR) is 98.6 cm³/mol. The van der Waals surface area contributed by atoms with Crippen molar-refractivity contribution < 1.29 is 9.59 Å². The van der Waals surface area contributed by atoms with Crippen LogP contribution in [0.1, 0.15) is 15.9 Å². The minimum absolute atomic E-state index is 0.0577. The SMILES string of the molecule is N#Cc1cccc(C(=O)N2CCN(CC(=O)Nc3ccccc3)CC2)c1. The van der Waals surface area contributed by atoms with Crippen molar-refractivity contribution >= 4 is 17.5 Å². The summed E-state index contributed by atoms with van der Waals surface area (Å²) >= 11 is 0. The van der Waals surface area contributed by atoms with E-state index in [1.165, 1.54) is 0 Å². The summed E-state index contributed by atoms with van der Waals surface area (Å²) in [5.74, 6) is -0.131. The fraction of sp³-hybridized carbons (Fsp3) is 0.250. The number of carbonyl (C=O) groups is 2. The molecule has 6 heteroatoms. The Hall–Kier alpha value is -3.17. The molecule has 0 aliphatic carbocycles. The molecule has 0 unspecified atom stereocenters. The van der Waals surface area contributed by atoms with Crippen molar-refractivity contribution in [2.24, 2.45) is 0 Å². The van der Waals surface area contributed by atoms with Gasteiger partial charge in [-0.1, -0.05) is 24.3 Å². The highest BCUT2D eigenvalue weighted by atomic mass is 16.2. The zero-order chi connectivity index (χ0) is 18.4. The van der Waals surface area contributed by atoms with Crippen molar-refractivity contribution in [2.75, 3.05) is 38.0 Å². The summed E-state index contributed by atoms with van der Waals surface area (Å²) in [5.41, 5.74) is 1.79. The number of anilines is 1. The number of para-hydroxylation sites is 1. The van der Waals surface area contributed by atoms with Crippen LogP contribution in [0.2, 0.25) is 0 Å². The van der Waals surface area contributed by atoms with Crippen LogP contribution >= 0.6 is 0 Å². The molecule has 26 heavy (non-hydrogen) atoms. The van der Waals surface area contributed by atoms with Gasteiger partial charge in [0.15, 0.2) is 0 Å². The minimum atomic E-state index is -0.0736. The smallest absolute Gasteiger partial charge is 0.253 e. The lowest BCUT2D eigenvalue weighted by Gasteiger charge is -2.34. The molecule has 0 aromatic heterocycles. The number of hydrogen-bond acceptors (Lipinski definition) is 4. The van der Waals surface area contributed by atoms with Crippen LogP contribution in [0, 0.1) is 11.3 Å². The van der Waals surface area contributed by atoms with Crippen molar-refractivity contribution in [1.29, 1.82) is 5.26 Å². The Morgan fingerprint density at radius 1 is 1.00 bits per heavy atom. The van der Waals surface area contributed by atoms with E-state index in [4.69, 9.17) is 5.26 Å². The lowest BCUT2D eigenvalue weighted by molar-refractivity contribution is -0.117. The lowest BCUT2D eigenvalue weighted by Crippen LogP contribution is -2.50. The maximum absolute atomic E-state index is 12.6. The summed E-state index contributed by atoms with van der Waals surface area (Å²) in [6.07, 6.45) is 0. The summed E-state index contributed by atoms with van der Waals surface area (Å²) in [7, 11) is 0. The van der Waals surface area contributed by atoms with Gasteiger partial charge in [0.05, 0.1) is 18.2 Å². The molecule has 1 heterocycles. The van der Waals surface area contributed by atoms with Gasteiger partial charge in [0.2, 0.25) is 5.91 Å². The van der Waals surface area contributed by atoms with E-state index < -0.39 is 0 Å². The maximum atomic E-state index is 12.6. The second-order valence-corrected chi connectivity index (χ2v) is 6.18. The normalized spacial score (nSPS) is 14.5. The number of amides is 2. The van der Waals surface area contributed by atoms with Gasteiger partial charge in [-0.25, -0.2) is 0 Å². The highest BCUT2D eigenvalue weighted by molar-refractivity contribution is 5.95. The molecule has 6 nitrogen and oxygen atoms in total. The van der Waals surface area contributed by atoms with E-state index >= 15 is 0 Å². The Morgan fingerprint density at radius 3 is 2.42 bits per heavy atom. The second-order valence-electron chi connectivity index (χ2n) is 6.18. The number of rotatable bonds is 4. The van der Waals surface area contributed by atoms with Crippen molar-refractivity contribution in [3.8, 4) is 6.07 Å². The Labute approximate surface area is 152 Å². The van der Waals surface area contributed by atoms with Gasteiger partial charge < -0.3 is 10.2 Å². The van der Waals surface area contributed by atoms with Crippen molar-refractivity contribution in [3.63, 3.8) is 0 Å². The fourth-order valence-electron chi connectivity index (χ4n) is 2.94. The third kappa shape index (κ3) is 4.47. The van der Waals surface area contributed by atoms with Crippen LogP contribution in [0.5, 0.6) is 0 Å². The number of carbonyl (C=O) groups excluding carboxylic acids is 2. The predicted octanol–water partition coefficient (Wildman–Crippen LogP) is 1.95. The molecule has 0 radical (unpaired) electrons. The van der Waals surface area contributed by atoms with Gasteiger partial charge in [-0.3, -0.25) is 14.5 Å². The van der Waals surface area contributed by atoms with Crippen LogP contribution in [0.3, 0.4) is 0 Å². The summed E-state index contributed by atoms with van der Waals surface area (Å²) < 4.78 is 0. The van der Waals surface area contributed by atoms with Crippen LogP contribution in [0.4, 0.5) is 5.69 Å². The molecule has 2 amide bonds. The molecule has 1 fully saturated rings. The monoisotopic (exact) mass is 348 g/mol. The maximum Gasteiger partial charge on any atom is 0.253 e. The first-order valence-corrected chi connectivity index (χ1v) is 8.52. The first-order chi connectivity index (χ1) is 12.7. The van der Waals surface area contributed by atoms with E-state index in [9.17, 15) is 9.59 Å². The molecule has 2 aromatic carbocycles. The molecule has 0 saturated carbocycles. The molecule has 132 valence electrons. The number of benzene rings is 2. The average molecular weight is 348 g/mol. The lowest BCUT2D eigenvalue weighted by atomic mass is 10.1. The first-order valence-electron chi connectivity index (χ1n) is 8.52. The summed E-state index contributed by atoms with van der Waals surface area (Å²) in [5, 5.41) is 11.8. The summed E-state index contributed by atoms with van der Waals surface area (Å²) in [4.78, 5) is 28.5. The van der Waals surface area contributed by atoms with Gasteiger partial charge in [0, 0.05) is 37.4 Å². The Balaban J connectivity index is 1.50. The van der Waals surface area contributed by atoms with E-state index in [0.29, 0.717) is 43.9 Å². The highest BCUT2D eigenvalue weighted by Gasteiger charge is 2.23. The molecular weight excluding hydrogens is 328 g/mol. The molecule has 2 aromatic rings. The van der Waals surface area contributed by atoms with Gasteiger partial charge in [-0.15, -0.1) is 0 Å². The van der Waals surface area contributed by atoms with Gasteiger partial charge in [-0.2, -0.15) is 5.26 Å². The van der Waals surface area contributed by atoms with E-state index in [-0.39, 0.29) is 11.8 Å². The number of piperazine rings is 1. The van der Waals surface area contributed by atoms with E-state index in [0.717, 1.165) is 5.69 Å². The van der Waals surface area contributed by atoms with Crippen molar-refractivity contribution in [3.05, 3.63) is 65.7 Å². The molecule has 1 aliphatic heterocycles. The quantitative estimate of drug-likeness (QED) is 0.916. The average Bonchev–Trinajstić information content (AvgIpc) is 2.69. The molecule has 1 aliphatic rings. The molecular formula is C20H20N4O2. The van der Waals surface area contributed by atoms with E-state index in [1.807, 2.05) is 35.2 Å². The number of nitrogens with one attached hydrogen (secondary N) is 1. The van der Waals surface area contributed by atoms with Gasteiger partial charge in [0.1, 0.15) is 0 Å². The fourth-order valence-corrected chi connectivity index (χ4v) is 2.94. The van der Waals surface area contributed by atoms with E-state index in [1.54, 1.807) is 29.2 Å². The van der Waals surface area contributed by atoms with Gasteiger partial charge in [0.25, 0.3) is 5.91 Å². The molecule has 0 atom stereocenters.